The van der Waals surface area contributed by atoms with Gasteiger partial charge in [-0.3, -0.25) is 9.59 Å². The number of aromatic nitrogens is 1. The molecule has 0 saturated carbocycles. The molecule has 1 fully saturated rings. The monoisotopic (exact) mass is 367 g/mol. The van der Waals surface area contributed by atoms with Gasteiger partial charge in [-0.05, 0) is 50.6 Å². The summed E-state index contributed by atoms with van der Waals surface area (Å²) in [5.74, 6) is 0.132. The van der Waals surface area contributed by atoms with Gasteiger partial charge in [0.05, 0.1) is 6.04 Å². The maximum Gasteiger partial charge on any atom is 0.250 e. The normalized spacial score (nSPS) is 17.3. The number of amides is 1. The maximum absolute atomic E-state index is 12.9. The number of carbonyl (C=O) groups is 1. The van der Waals surface area contributed by atoms with Crippen molar-refractivity contribution in [2.45, 2.75) is 44.8 Å². The van der Waals surface area contributed by atoms with Gasteiger partial charge >= 0.3 is 0 Å². The number of piperidine rings is 1. The van der Waals surface area contributed by atoms with Crippen LogP contribution in [-0.2, 0) is 17.9 Å². The van der Waals surface area contributed by atoms with Crippen LogP contribution in [0.2, 0.25) is 0 Å². The van der Waals surface area contributed by atoms with Gasteiger partial charge in [0.2, 0.25) is 5.91 Å². The van der Waals surface area contributed by atoms with Crippen LogP contribution in [0.1, 0.15) is 42.9 Å². The van der Waals surface area contributed by atoms with Crippen molar-refractivity contribution < 1.29 is 4.79 Å². The number of nitrogens with zero attached hydrogens (tertiary/aromatic N) is 3. The highest BCUT2D eigenvalue weighted by atomic mass is 16.2. The molecule has 0 N–H and O–H groups in total. The molecule has 3 rings (SSSR count). The van der Waals surface area contributed by atoms with Crippen molar-refractivity contribution in [1.82, 2.24) is 14.4 Å². The fraction of sp³-hybridized carbons (Fsp3) is 0.455. The molecule has 1 aliphatic rings. The summed E-state index contributed by atoms with van der Waals surface area (Å²) in [6, 6.07) is 13.9. The van der Waals surface area contributed by atoms with Crippen LogP contribution in [0.25, 0.3) is 0 Å². The largest absolute Gasteiger partial charge is 0.336 e. The molecule has 1 aromatic carbocycles. The molecule has 144 valence electrons. The first-order valence-electron chi connectivity index (χ1n) is 9.73. The van der Waals surface area contributed by atoms with E-state index in [1.54, 1.807) is 16.8 Å². The van der Waals surface area contributed by atoms with Crippen molar-refractivity contribution in [3.05, 3.63) is 70.1 Å². The number of pyridine rings is 1. The smallest absolute Gasteiger partial charge is 0.250 e. The van der Waals surface area contributed by atoms with Gasteiger partial charge in [-0.2, -0.15) is 0 Å². The summed E-state index contributed by atoms with van der Waals surface area (Å²) in [4.78, 5) is 28.9. The molecule has 1 aliphatic heterocycles. The van der Waals surface area contributed by atoms with Crippen LogP contribution in [0.3, 0.4) is 0 Å². The van der Waals surface area contributed by atoms with E-state index in [4.69, 9.17) is 0 Å². The van der Waals surface area contributed by atoms with E-state index in [0.717, 1.165) is 32.4 Å². The van der Waals surface area contributed by atoms with Crippen molar-refractivity contribution in [2.24, 2.45) is 0 Å². The number of rotatable bonds is 6. The van der Waals surface area contributed by atoms with Crippen LogP contribution in [0.5, 0.6) is 0 Å². The second kappa shape index (κ2) is 9.00. The molecular weight excluding hydrogens is 338 g/mol. The van der Waals surface area contributed by atoms with Gasteiger partial charge in [-0.25, -0.2) is 0 Å². The van der Waals surface area contributed by atoms with Gasteiger partial charge < -0.3 is 14.4 Å². The Hall–Kier alpha value is -2.40. The fourth-order valence-electron chi connectivity index (χ4n) is 3.79. The van der Waals surface area contributed by atoms with Crippen molar-refractivity contribution in [2.75, 3.05) is 20.6 Å². The summed E-state index contributed by atoms with van der Waals surface area (Å²) in [5.41, 5.74) is 2.43. The predicted octanol–water partition coefficient (Wildman–Crippen LogP) is 3.05. The molecule has 0 bridgehead atoms. The number of hydrogen-bond acceptors (Lipinski definition) is 3. The van der Waals surface area contributed by atoms with E-state index in [-0.39, 0.29) is 17.5 Å². The lowest BCUT2D eigenvalue weighted by Gasteiger charge is -2.36. The Labute approximate surface area is 161 Å². The standard InChI is InChI=1S/C22H29N3O2/c1-23(2)17-18-9-11-19(12-10-18)20-7-3-6-15-25(20)22(27)13-16-24-14-5-4-8-21(24)26/h4-5,8-12,14,20H,3,6-7,13,15-17H2,1-2H3/t20-/m0/s1. The number of likely N-dealkylation sites (tertiary alicyclic amines) is 1. The second-order valence-electron chi connectivity index (χ2n) is 7.56. The molecule has 0 radical (unpaired) electrons. The highest BCUT2D eigenvalue weighted by Crippen LogP contribution is 2.31. The van der Waals surface area contributed by atoms with E-state index < -0.39 is 0 Å². The Morgan fingerprint density at radius 3 is 2.59 bits per heavy atom. The minimum atomic E-state index is -0.0584. The molecule has 5 heteroatoms. The number of benzene rings is 1. The van der Waals surface area contributed by atoms with Crippen LogP contribution in [0.15, 0.2) is 53.5 Å². The van der Waals surface area contributed by atoms with Crippen molar-refractivity contribution in [3.63, 3.8) is 0 Å². The van der Waals surface area contributed by atoms with Crippen LogP contribution in [-0.4, -0.2) is 40.9 Å². The molecule has 2 aromatic rings. The molecule has 2 heterocycles. The number of hydrogen-bond donors (Lipinski definition) is 0. The zero-order valence-corrected chi connectivity index (χ0v) is 16.3. The summed E-state index contributed by atoms with van der Waals surface area (Å²) in [6.45, 7) is 2.15. The van der Waals surface area contributed by atoms with Crippen molar-refractivity contribution in [1.29, 1.82) is 0 Å². The van der Waals surface area contributed by atoms with E-state index in [1.165, 1.54) is 17.2 Å². The average molecular weight is 367 g/mol. The quantitative estimate of drug-likeness (QED) is 0.788. The van der Waals surface area contributed by atoms with Gasteiger partial charge in [0.25, 0.3) is 5.56 Å². The minimum Gasteiger partial charge on any atom is -0.336 e. The highest BCUT2D eigenvalue weighted by Gasteiger charge is 2.27. The molecule has 1 saturated heterocycles. The minimum absolute atomic E-state index is 0.0584. The first kappa shape index (κ1) is 19.4. The van der Waals surface area contributed by atoms with E-state index in [1.807, 2.05) is 11.0 Å². The molecule has 0 unspecified atom stereocenters. The summed E-state index contributed by atoms with van der Waals surface area (Å²) in [5, 5.41) is 0. The average Bonchev–Trinajstić information content (AvgIpc) is 2.67. The third-order valence-corrected chi connectivity index (χ3v) is 5.15. The topological polar surface area (TPSA) is 45.5 Å². The van der Waals surface area contributed by atoms with Crippen LogP contribution in [0.4, 0.5) is 0 Å². The number of carbonyl (C=O) groups excluding carboxylic acids is 1. The first-order valence-corrected chi connectivity index (χ1v) is 9.73. The third kappa shape index (κ3) is 5.07. The second-order valence-corrected chi connectivity index (χ2v) is 7.56. The van der Waals surface area contributed by atoms with Gasteiger partial charge in [0, 0.05) is 38.3 Å². The van der Waals surface area contributed by atoms with Crippen molar-refractivity contribution >= 4 is 5.91 Å². The fourth-order valence-corrected chi connectivity index (χ4v) is 3.79. The Balaban J connectivity index is 1.68. The highest BCUT2D eigenvalue weighted by molar-refractivity contribution is 5.76. The summed E-state index contributed by atoms with van der Waals surface area (Å²) in [6.07, 6.45) is 5.30. The Kier molecular flexibility index (Phi) is 6.45. The van der Waals surface area contributed by atoms with Gasteiger partial charge in [-0.1, -0.05) is 30.3 Å². The SMILES string of the molecule is CN(C)Cc1ccc([C@@H]2CCCCN2C(=O)CCn2ccccc2=O)cc1. The Morgan fingerprint density at radius 1 is 1.11 bits per heavy atom. The van der Waals surface area contributed by atoms with Gasteiger partial charge in [0.15, 0.2) is 0 Å². The molecule has 27 heavy (non-hydrogen) atoms. The van der Waals surface area contributed by atoms with E-state index in [9.17, 15) is 9.59 Å². The number of aryl methyl sites for hydroxylation is 1. The Morgan fingerprint density at radius 2 is 1.89 bits per heavy atom. The summed E-state index contributed by atoms with van der Waals surface area (Å²) >= 11 is 0. The zero-order valence-electron chi connectivity index (χ0n) is 16.3. The molecule has 1 atom stereocenters. The lowest BCUT2D eigenvalue weighted by molar-refractivity contribution is -0.135. The first-order chi connectivity index (χ1) is 13.0. The van der Waals surface area contributed by atoms with Gasteiger partial charge in [-0.15, -0.1) is 0 Å². The van der Waals surface area contributed by atoms with Gasteiger partial charge in [0.1, 0.15) is 0 Å². The maximum atomic E-state index is 12.9. The lowest BCUT2D eigenvalue weighted by atomic mass is 9.94. The molecular formula is C22H29N3O2. The Bertz CT molecular complexity index is 811. The molecule has 1 aromatic heterocycles. The van der Waals surface area contributed by atoms with Crippen LogP contribution in [0, 0.1) is 0 Å². The van der Waals surface area contributed by atoms with E-state index >= 15 is 0 Å². The lowest BCUT2D eigenvalue weighted by Crippen LogP contribution is -2.39. The summed E-state index contributed by atoms with van der Waals surface area (Å²) < 4.78 is 1.60. The van der Waals surface area contributed by atoms with Crippen LogP contribution < -0.4 is 5.56 Å². The third-order valence-electron chi connectivity index (χ3n) is 5.15. The van der Waals surface area contributed by atoms with Crippen molar-refractivity contribution in [3.8, 4) is 0 Å². The molecule has 1 amide bonds. The van der Waals surface area contributed by atoms with Crippen LogP contribution >= 0.6 is 0 Å². The zero-order chi connectivity index (χ0) is 19.2. The van der Waals surface area contributed by atoms with E-state index in [2.05, 4.69) is 43.3 Å². The van der Waals surface area contributed by atoms with E-state index in [0.29, 0.717) is 13.0 Å². The molecule has 5 nitrogen and oxygen atoms in total. The predicted molar refractivity (Wildman–Crippen MR) is 107 cm³/mol. The molecule has 0 aliphatic carbocycles. The molecule has 0 spiro atoms. The summed E-state index contributed by atoms with van der Waals surface area (Å²) in [7, 11) is 4.13.